The van der Waals surface area contributed by atoms with Crippen molar-refractivity contribution in [2.75, 3.05) is 12.0 Å². The van der Waals surface area contributed by atoms with Gasteiger partial charge in [0.15, 0.2) is 0 Å². The fraction of sp³-hybridized carbons (Fsp3) is 1.00. The number of rotatable bonds is 3. The first kappa shape index (κ1) is 8.85. The minimum absolute atomic E-state index is 0.0198. The van der Waals surface area contributed by atoms with E-state index in [2.05, 4.69) is 6.26 Å². The monoisotopic (exact) mass is 187 g/mol. The molecule has 70 valence electrons. The lowest BCUT2D eigenvalue weighted by atomic mass is 9.81. The van der Waals surface area contributed by atoms with Crippen molar-refractivity contribution in [3.8, 4) is 0 Å². The van der Waals surface area contributed by atoms with Crippen LogP contribution in [0.1, 0.15) is 25.7 Å². The summed E-state index contributed by atoms with van der Waals surface area (Å²) in [5.41, 5.74) is 6.31. The van der Waals surface area contributed by atoms with E-state index in [0.29, 0.717) is 12.2 Å². The minimum atomic E-state index is 0.0198. The number of hydrogen-bond donors (Lipinski definition) is 1. The first-order valence-corrected chi connectivity index (χ1v) is 6.07. The van der Waals surface area contributed by atoms with E-state index in [1.165, 1.54) is 18.6 Å². The molecule has 2 bridgehead atoms. The zero-order valence-electron chi connectivity index (χ0n) is 7.58. The Bertz CT molecular complexity index is 176. The van der Waals surface area contributed by atoms with Gasteiger partial charge in [0.05, 0.1) is 12.2 Å². The second-order valence-corrected chi connectivity index (χ2v) is 4.99. The third kappa shape index (κ3) is 1.38. The Hall–Kier alpha value is 0.270. The van der Waals surface area contributed by atoms with Gasteiger partial charge < -0.3 is 10.5 Å². The van der Waals surface area contributed by atoms with E-state index in [9.17, 15) is 0 Å². The van der Waals surface area contributed by atoms with Crippen LogP contribution in [0, 0.1) is 0 Å². The van der Waals surface area contributed by atoms with E-state index in [0.717, 1.165) is 12.8 Å². The smallest absolute Gasteiger partial charge is 0.0760 e. The number of hydrogen-bond acceptors (Lipinski definition) is 3. The Morgan fingerprint density at radius 3 is 2.92 bits per heavy atom. The Morgan fingerprint density at radius 2 is 2.42 bits per heavy atom. The van der Waals surface area contributed by atoms with Gasteiger partial charge in [0.2, 0.25) is 0 Å². The minimum Gasteiger partial charge on any atom is -0.373 e. The highest BCUT2D eigenvalue weighted by Crippen LogP contribution is 2.42. The molecular formula is C9H17NOS. The van der Waals surface area contributed by atoms with E-state index < -0.39 is 0 Å². The molecule has 0 aromatic carbocycles. The summed E-state index contributed by atoms with van der Waals surface area (Å²) in [5.74, 6) is 1.17. The highest BCUT2D eigenvalue weighted by Gasteiger charge is 2.49. The SMILES string of the molecule is CSCCC1(N)CC2CCC1O2. The fourth-order valence-electron chi connectivity index (χ4n) is 2.39. The lowest BCUT2D eigenvalue weighted by Gasteiger charge is -2.30. The van der Waals surface area contributed by atoms with E-state index >= 15 is 0 Å². The summed E-state index contributed by atoms with van der Waals surface area (Å²) >= 11 is 1.88. The maximum absolute atomic E-state index is 6.29. The molecule has 3 unspecified atom stereocenters. The number of nitrogens with two attached hydrogens (primary N) is 1. The molecule has 0 aromatic heterocycles. The van der Waals surface area contributed by atoms with Crippen LogP contribution in [-0.4, -0.2) is 29.8 Å². The summed E-state index contributed by atoms with van der Waals surface area (Å²) in [6.45, 7) is 0. The number of thioether (sulfide) groups is 1. The van der Waals surface area contributed by atoms with Crippen molar-refractivity contribution in [1.82, 2.24) is 0 Å². The molecule has 12 heavy (non-hydrogen) atoms. The standard InChI is InChI=1S/C9H17NOS/c1-12-5-4-9(10)6-7-2-3-8(9)11-7/h7-8H,2-6,10H2,1H3. The van der Waals surface area contributed by atoms with Crippen LogP contribution < -0.4 is 5.73 Å². The van der Waals surface area contributed by atoms with Gasteiger partial charge >= 0.3 is 0 Å². The molecular weight excluding hydrogens is 170 g/mol. The van der Waals surface area contributed by atoms with Crippen LogP contribution in [-0.2, 0) is 4.74 Å². The average Bonchev–Trinajstić information content (AvgIpc) is 2.60. The molecule has 2 aliphatic heterocycles. The molecule has 2 rings (SSSR count). The molecule has 2 heterocycles. The van der Waals surface area contributed by atoms with Crippen molar-refractivity contribution in [1.29, 1.82) is 0 Å². The molecule has 2 saturated heterocycles. The molecule has 0 radical (unpaired) electrons. The molecule has 0 amide bonds. The van der Waals surface area contributed by atoms with Crippen molar-refractivity contribution < 1.29 is 4.74 Å². The highest BCUT2D eigenvalue weighted by atomic mass is 32.2. The van der Waals surface area contributed by atoms with Crippen LogP contribution in [0.2, 0.25) is 0 Å². The Morgan fingerprint density at radius 1 is 1.58 bits per heavy atom. The summed E-state index contributed by atoms with van der Waals surface area (Å²) in [4.78, 5) is 0. The number of fused-ring (bicyclic) bond motifs is 2. The molecule has 3 atom stereocenters. The van der Waals surface area contributed by atoms with Gasteiger partial charge in [0.1, 0.15) is 0 Å². The average molecular weight is 187 g/mol. The molecule has 2 nitrogen and oxygen atoms in total. The molecule has 3 heteroatoms. The van der Waals surface area contributed by atoms with Gasteiger partial charge in [0, 0.05) is 5.54 Å². The first-order valence-electron chi connectivity index (χ1n) is 4.68. The van der Waals surface area contributed by atoms with Gasteiger partial charge in [-0.1, -0.05) is 0 Å². The van der Waals surface area contributed by atoms with Gasteiger partial charge in [-0.15, -0.1) is 0 Å². The quantitative estimate of drug-likeness (QED) is 0.725. The summed E-state index contributed by atoms with van der Waals surface area (Å²) in [7, 11) is 0. The van der Waals surface area contributed by atoms with Crippen LogP contribution in [0.25, 0.3) is 0 Å². The van der Waals surface area contributed by atoms with Gasteiger partial charge in [-0.3, -0.25) is 0 Å². The van der Waals surface area contributed by atoms with Gasteiger partial charge in [0.25, 0.3) is 0 Å². The topological polar surface area (TPSA) is 35.2 Å². The Labute approximate surface area is 78.2 Å². The number of ether oxygens (including phenoxy) is 1. The highest BCUT2D eigenvalue weighted by molar-refractivity contribution is 7.98. The molecule has 0 spiro atoms. The molecule has 2 fully saturated rings. The largest absolute Gasteiger partial charge is 0.373 e. The van der Waals surface area contributed by atoms with E-state index in [1.807, 2.05) is 11.8 Å². The molecule has 0 aliphatic carbocycles. The van der Waals surface area contributed by atoms with Crippen molar-refractivity contribution >= 4 is 11.8 Å². The predicted molar refractivity (Wildman–Crippen MR) is 52.4 cm³/mol. The third-order valence-electron chi connectivity index (χ3n) is 3.13. The Kier molecular flexibility index (Phi) is 2.36. The lowest BCUT2D eigenvalue weighted by Crippen LogP contribution is -2.49. The lowest BCUT2D eigenvalue weighted by molar-refractivity contribution is 0.0851. The summed E-state index contributed by atoms with van der Waals surface area (Å²) in [6, 6.07) is 0. The zero-order valence-corrected chi connectivity index (χ0v) is 8.40. The zero-order chi connectivity index (χ0) is 8.60. The van der Waals surface area contributed by atoms with Crippen molar-refractivity contribution in [2.24, 2.45) is 5.73 Å². The molecule has 0 saturated carbocycles. The maximum Gasteiger partial charge on any atom is 0.0760 e. The van der Waals surface area contributed by atoms with Crippen LogP contribution in [0.5, 0.6) is 0 Å². The summed E-state index contributed by atoms with van der Waals surface area (Å²) in [6.07, 6.45) is 7.64. The van der Waals surface area contributed by atoms with Crippen LogP contribution in [0.4, 0.5) is 0 Å². The molecule has 2 N–H and O–H groups in total. The van der Waals surface area contributed by atoms with E-state index in [1.54, 1.807) is 0 Å². The summed E-state index contributed by atoms with van der Waals surface area (Å²) in [5, 5.41) is 0. The normalized spacial score (nSPS) is 45.5. The third-order valence-corrected chi connectivity index (χ3v) is 3.74. The molecule has 0 aromatic rings. The summed E-state index contributed by atoms with van der Waals surface area (Å²) < 4.78 is 5.75. The van der Waals surface area contributed by atoms with Crippen molar-refractivity contribution in [2.45, 2.75) is 43.4 Å². The first-order chi connectivity index (χ1) is 5.74. The van der Waals surface area contributed by atoms with Crippen LogP contribution >= 0.6 is 11.8 Å². The van der Waals surface area contributed by atoms with Gasteiger partial charge in [-0.25, -0.2) is 0 Å². The van der Waals surface area contributed by atoms with Crippen LogP contribution in [0.3, 0.4) is 0 Å². The van der Waals surface area contributed by atoms with Crippen molar-refractivity contribution in [3.63, 3.8) is 0 Å². The van der Waals surface area contributed by atoms with E-state index in [4.69, 9.17) is 10.5 Å². The second kappa shape index (κ2) is 3.20. The van der Waals surface area contributed by atoms with Gasteiger partial charge in [-0.2, -0.15) is 11.8 Å². The predicted octanol–water partition coefficient (Wildman–Crippen LogP) is 1.39. The molecule has 2 aliphatic rings. The van der Waals surface area contributed by atoms with Gasteiger partial charge in [-0.05, 0) is 37.7 Å². The fourth-order valence-corrected chi connectivity index (χ4v) is 2.97. The van der Waals surface area contributed by atoms with Crippen molar-refractivity contribution in [3.05, 3.63) is 0 Å². The van der Waals surface area contributed by atoms with Crippen LogP contribution in [0.15, 0.2) is 0 Å². The second-order valence-electron chi connectivity index (χ2n) is 4.00. The maximum atomic E-state index is 6.29. The Balaban J connectivity index is 1.93. The van der Waals surface area contributed by atoms with E-state index in [-0.39, 0.29) is 5.54 Å².